The summed E-state index contributed by atoms with van der Waals surface area (Å²) in [6, 6.07) is 46.7. The number of hydrogen-bond donors (Lipinski definition) is 1. The summed E-state index contributed by atoms with van der Waals surface area (Å²) in [5.41, 5.74) is 7.58. The molecular formula is C46H43N7O5. The first-order valence-corrected chi connectivity index (χ1v) is 19.2. The Morgan fingerprint density at radius 2 is 1.43 bits per heavy atom. The Bertz CT molecular complexity index is 2420. The minimum Gasteiger partial charge on any atom is -0.426 e. The molecule has 2 aromatic heterocycles. The van der Waals surface area contributed by atoms with Crippen molar-refractivity contribution in [2.45, 2.75) is 52.4 Å². The molecule has 3 heterocycles. The van der Waals surface area contributed by atoms with E-state index in [1.54, 1.807) is 12.1 Å². The number of anilines is 2. The minimum absolute atomic E-state index is 0.325. The maximum absolute atomic E-state index is 13.4. The molecule has 0 bridgehead atoms. The van der Waals surface area contributed by atoms with Gasteiger partial charge in [0, 0.05) is 38.9 Å². The lowest BCUT2D eigenvalue weighted by Gasteiger charge is -2.36. The zero-order valence-electron chi connectivity index (χ0n) is 32.6. The molecule has 0 saturated heterocycles. The van der Waals surface area contributed by atoms with Crippen molar-refractivity contribution in [3.05, 3.63) is 179 Å². The van der Waals surface area contributed by atoms with Gasteiger partial charge in [-0.25, -0.2) is 9.48 Å². The minimum atomic E-state index is -1.04. The average Bonchev–Trinajstić information content (AvgIpc) is 3.97. The van der Waals surface area contributed by atoms with Crippen molar-refractivity contribution in [1.29, 1.82) is 0 Å². The fraction of sp³-hybridized carbons (Fsp3) is 0.196. The summed E-state index contributed by atoms with van der Waals surface area (Å²) in [6.45, 7) is 7.61. The highest BCUT2D eigenvalue weighted by Gasteiger charge is 2.42. The van der Waals surface area contributed by atoms with E-state index < -0.39 is 30.1 Å². The summed E-state index contributed by atoms with van der Waals surface area (Å²) < 4.78 is 20.7. The smallest absolute Gasteiger partial charge is 0.343 e. The van der Waals surface area contributed by atoms with Crippen LogP contribution in [0, 0.1) is 6.92 Å². The van der Waals surface area contributed by atoms with Crippen LogP contribution in [0.1, 0.15) is 58.9 Å². The molecule has 0 spiro atoms. The van der Waals surface area contributed by atoms with Crippen molar-refractivity contribution in [3.63, 3.8) is 0 Å². The first kappa shape index (κ1) is 37.9. The number of rotatable bonds is 13. The largest absolute Gasteiger partial charge is 0.426 e. The molecular weight excluding hydrogens is 731 g/mol. The number of tetrazole rings is 1. The molecule has 0 radical (unpaired) electrons. The van der Waals surface area contributed by atoms with E-state index in [9.17, 15) is 9.59 Å². The van der Waals surface area contributed by atoms with E-state index >= 15 is 0 Å². The molecule has 2 unspecified atom stereocenters. The van der Waals surface area contributed by atoms with E-state index in [0.717, 1.165) is 44.9 Å². The van der Waals surface area contributed by atoms with Gasteiger partial charge in [0.15, 0.2) is 0 Å². The summed E-state index contributed by atoms with van der Waals surface area (Å²) in [5.74, 6) is -0.559. The van der Waals surface area contributed by atoms with Gasteiger partial charge < -0.3 is 29.0 Å². The van der Waals surface area contributed by atoms with Crippen LogP contribution in [-0.4, -0.2) is 56.0 Å². The van der Waals surface area contributed by atoms with E-state index in [4.69, 9.17) is 24.5 Å². The Labute approximate surface area is 336 Å². The molecule has 0 aliphatic carbocycles. The van der Waals surface area contributed by atoms with E-state index in [1.807, 2.05) is 77.2 Å². The summed E-state index contributed by atoms with van der Waals surface area (Å²) in [7, 11) is 0. The lowest BCUT2D eigenvalue weighted by atomic mass is 9.77. The number of nitrogens with one attached hydrogen (secondary N) is 1. The normalized spacial score (nSPS) is 14.1. The Balaban J connectivity index is 1.16. The molecule has 12 nitrogen and oxygen atoms in total. The van der Waals surface area contributed by atoms with Gasteiger partial charge in [-0.1, -0.05) is 109 Å². The second kappa shape index (κ2) is 16.2. The van der Waals surface area contributed by atoms with Crippen LogP contribution in [0.5, 0.6) is 0 Å². The zero-order chi connectivity index (χ0) is 40.2. The Morgan fingerprint density at radius 3 is 2.02 bits per heavy atom. The molecule has 5 aromatic carbocycles. The summed E-state index contributed by atoms with van der Waals surface area (Å²) in [6.07, 6.45) is 0.507. The van der Waals surface area contributed by atoms with E-state index in [2.05, 4.69) is 94.9 Å². The number of nitrogens with zero attached hydrogens (tertiary/aromatic N) is 6. The van der Waals surface area contributed by atoms with Gasteiger partial charge in [0.05, 0.1) is 22.6 Å². The van der Waals surface area contributed by atoms with Gasteiger partial charge in [0.25, 0.3) is 0 Å². The van der Waals surface area contributed by atoms with Crippen molar-refractivity contribution in [3.8, 4) is 17.2 Å². The van der Waals surface area contributed by atoms with Crippen LogP contribution in [0.4, 0.5) is 11.4 Å². The zero-order valence-corrected chi connectivity index (χ0v) is 32.6. The Hall–Kier alpha value is -7.05. The second-order valence-corrected chi connectivity index (χ2v) is 14.0. The molecule has 0 fully saturated rings. The molecule has 0 saturated carbocycles. The average molecular weight is 774 g/mol. The lowest BCUT2D eigenvalue weighted by molar-refractivity contribution is -0.162. The number of carbonyl (C=O) groups is 2. The van der Waals surface area contributed by atoms with Crippen LogP contribution < -0.4 is 10.2 Å². The predicted octanol–water partition coefficient (Wildman–Crippen LogP) is 8.10. The standard InChI is InChI=1S/C46H43N7O5/c1-5-56-45-47-40-23-15-22-39(44(55)58-33(4)57-32(3)54)42(40)52(45)30-34-24-26-38(27-25-34)51-29-31(2)28-41(51)43-48-49-50-53(43)46(35-16-9-6-10-17-35,36-18-11-7-12-19-36)37-20-13-8-14-21-37/h6-29,33,45,47H,5,30H2,1-4H3. The summed E-state index contributed by atoms with van der Waals surface area (Å²) in [5, 5.41) is 17.2. The third kappa shape index (κ3) is 7.09. The van der Waals surface area contributed by atoms with Crippen LogP contribution in [-0.2, 0) is 31.1 Å². The number of aromatic nitrogens is 5. The maximum atomic E-state index is 13.4. The third-order valence-electron chi connectivity index (χ3n) is 10.1. The molecule has 12 heteroatoms. The Kier molecular flexibility index (Phi) is 10.6. The summed E-state index contributed by atoms with van der Waals surface area (Å²) in [4.78, 5) is 26.9. The number of carbonyl (C=O) groups excluding carboxylic acids is 2. The third-order valence-corrected chi connectivity index (χ3v) is 10.1. The topological polar surface area (TPSA) is 126 Å². The second-order valence-electron chi connectivity index (χ2n) is 14.0. The number of benzene rings is 5. The summed E-state index contributed by atoms with van der Waals surface area (Å²) >= 11 is 0. The van der Waals surface area contributed by atoms with Gasteiger partial charge in [0.1, 0.15) is 5.54 Å². The number of para-hydroxylation sites is 1. The van der Waals surface area contributed by atoms with Gasteiger partial charge in [-0.15, -0.1) is 5.10 Å². The lowest BCUT2D eigenvalue weighted by Crippen LogP contribution is -2.39. The molecule has 1 aliphatic heterocycles. The number of aryl methyl sites for hydroxylation is 1. The highest BCUT2D eigenvalue weighted by Crippen LogP contribution is 2.43. The van der Waals surface area contributed by atoms with Crippen molar-refractivity contribution in [2.75, 3.05) is 16.8 Å². The SMILES string of the molecule is CCOC1Nc2cccc(C(=O)OC(C)OC(C)=O)c2N1Cc1ccc(-n2cc(C)cc2-c2nnnn2C(c2ccccc2)(c2ccccc2)c2ccccc2)cc1. The molecule has 1 aliphatic rings. The number of esters is 2. The van der Waals surface area contributed by atoms with Crippen LogP contribution in [0.25, 0.3) is 17.2 Å². The molecule has 292 valence electrons. The fourth-order valence-electron chi connectivity index (χ4n) is 7.80. The van der Waals surface area contributed by atoms with Crippen molar-refractivity contribution < 1.29 is 23.8 Å². The molecule has 2 atom stereocenters. The van der Waals surface area contributed by atoms with Crippen molar-refractivity contribution in [2.24, 2.45) is 0 Å². The number of hydrogen-bond acceptors (Lipinski definition) is 10. The molecule has 8 rings (SSSR count). The van der Waals surface area contributed by atoms with E-state index in [1.165, 1.54) is 13.8 Å². The van der Waals surface area contributed by atoms with Gasteiger partial charge >= 0.3 is 11.9 Å². The van der Waals surface area contributed by atoms with Crippen LogP contribution in [0.15, 0.2) is 146 Å². The highest BCUT2D eigenvalue weighted by molar-refractivity contribution is 6.01. The van der Waals surface area contributed by atoms with Gasteiger partial charge in [-0.2, -0.15) is 0 Å². The quantitative estimate of drug-likeness (QED) is 0.0698. The first-order chi connectivity index (χ1) is 28.3. The maximum Gasteiger partial charge on any atom is 0.343 e. The Morgan fingerprint density at radius 1 is 0.810 bits per heavy atom. The number of fused-ring (bicyclic) bond motifs is 1. The molecule has 0 amide bonds. The van der Waals surface area contributed by atoms with Crippen LogP contribution in [0.2, 0.25) is 0 Å². The molecule has 7 aromatic rings. The van der Waals surface area contributed by atoms with Crippen LogP contribution in [0.3, 0.4) is 0 Å². The van der Waals surface area contributed by atoms with E-state index in [0.29, 0.717) is 30.2 Å². The highest BCUT2D eigenvalue weighted by atomic mass is 16.7. The monoisotopic (exact) mass is 773 g/mol. The van der Waals surface area contributed by atoms with Crippen molar-refractivity contribution in [1.82, 2.24) is 24.8 Å². The van der Waals surface area contributed by atoms with Crippen LogP contribution >= 0.6 is 0 Å². The fourth-order valence-corrected chi connectivity index (χ4v) is 7.80. The van der Waals surface area contributed by atoms with Gasteiger partial charge in [0.2, 0.25) is 18.5 Å². The van der Waals surface area contributed by atoms with Gasteiger partial charge in [-0.3, -0.25) is 4.79 Å². The van der Waals surface area contributed by atoms with Gasteiger partial charge in [-0.05, 0) is 82.4 Å². The van der Waals surface area contributed by atoms with E-state index in [-0.39, 0.29) is 0 Å². The van der Waals surface area contributed by atoms with Crippen molar-refractivity contribution >= 4 is 23.3 Å². The molecule has 1 N–H and O–H groups in total. The predicted molar refractivity (Wildman–Crippen MR) is 220 cm³/mol. The molecule has 58 heavy (non-hydrogen) atoms. The first-order valence-electron chi connectivity index (χ1n) is 19.2. The number of ether oxygens (including phenoxy) is 3.